The maximum absolute atomic E-state index is 13.3. The van der Waals surface area contributed by atoms with Crippen LogP contribution in [-0.4, -0.2) is 18.5 Å². The second-order valence-corrected chi connectivity index (χ2v) is 3.90. The lowest BCUT2D eigenvalue weighted by Crippen LogP contribution is -2.35. The molecule has 4 nitrogen and oxygen atoms in total. The number of nitrogens with two attached hydrogens (primary N) is 1. The maximum atomic E-state index is 13.3. The fourth-order valence-electron chi connectivity index (χ4n) is 1.29. The van der Waals surface area contributed by atoms with Crippen LogP contribution >= 0.6 is 0 Å². The lowest BCUT2D eigenvalue weighted by Gasteiger charge is -2.12. The monoisotopic (exact) mass is 243 g/mol. The van der Waals surface area contributed by atoms with Crippen molar-refractivity contribution in [2.45, 2.75) is 19.9 Å². The summed E-state index contributed by atoms with van der Waals surface area (Å²) >= 11 is 0. The van der Waals surface area contributed by atoms with E-state index in [1.807, 2.05) is 0 Å². The molecule has 0 atom stereocenters. The van der Waals surface area contributed by atoms with Crippen LogP contribution in [0.25, 0.3) is 0 Å². The van der Waals surface area contributed by atoms with Gasteiger partial charge in [-0.25, -0.2) is 8.78 Å². The largest absolute Gasteiger partial charge is 0.397 e. The Bertz CT molecular complexity index is 421. The first-order valence-corrected chi connectivity index (χ1v) is 5.18. The van der Waals surface area contributed by atoms with Crippen LogP contribution in [0.4, 0.5) is 20.2 Å². The average molecular weight is 243 g/mol. The van der Waals surface area contributed by atoms with Crippen LogP contribution in [0.5, 0.6) is 0 Å². The van der Waals surface area contributed by atoms with Crippen molar-refractivity contribution in [3.05, 3.63) is 23.8 Å². The Kier molecular flexibility index (Phi) is 4.25. The van der Waals surface area contributed by atoms with Crippen LogP contribution in [0.15, 0.2) is 12.1 Å². The van der Waals surface area contributed by atoms with E-state index in [2.05, 4.69) is 10.6 Å². The molecule has 1 amide bonds. The van der Waals surface area contributed by atoms with E-state index in [-0.39, 0.29) is 29.9 Å². The number of benzene rings is 1. The summed E-state index contributed by atoms with van der Waals surface area (Å²) in [5.41, 5.74) is 5.34. The number of rotatable bonds is 4. The van der Waals surface area contributed by atoms with Gasteiger partial charge in [0.2, 0.25) is 5.91 Å². The third-order valence-electron chi connectivity index (χ3n) is 2.00. The molecule has 4 N–H and O–H groups in total. The highest BCUT2D eigenvalue weighted by Crippen LogP contribution is 2.24. The zero-order valence-corrected chi connectivity index (χ0v) is 9.68. The van der Waals surface area contributed by atoms with Gasteiger partial charge < -0.3 is 16.4 Å². The highest BCUT2D eigenvalue weighted by atomic mass is 19.2. The molecule has 0 saturated heterocycles. The molecule has 94 valence electrons. The van der Waals surface area contributed by atoms with E-state index < -0.39 is 11.6 Å². The molecular formula is C11H15F2N3O. The van der Waals surface area contributed by atoms with E-state index in [4.69, 9.17) is 5.73 Å². The van der Waals surface area contributed by atoms with Crippen LogP contribution in [0.1, 0.15) is 13.8 Å². The second-order valence-electron chi connectivity index (χ2n) is 3.90. The van der Waals surface area contributed by atoms with Crippen molar-refractivity contribution >= 4 is 17.3 Å². The Balaban J connectivity index is 2.69. The van der Waals surface area contributed by atoms with Crippen molar-refractivity contribution < 1.29 is 13.6 Å². The minimum atomic E-state index is -1.08. The smallest absolute Gasteiger partial charge is 0.239 e. The topological polar surface area (TPSA) is 67.2 Å². The highest BCUT2D eigenvalue weighted by molar-refractivity contribution is 5.82. The molecule has 0 spiro atoms. The molecule has 0 heterocycles. The fourth-order valence-corrected chi connectivity index (χ4v) is 1.29. The molecule has 0 bridgehead atoms. The summed E-state index contributed by atoms with van der Waals surface area (Å²) < 4.78 is 26.2. The highest BCUT2D eigenvalue weighted by Gasteiger charge is 2.12. The average Bonchev–Trinajstić information content (AvgIpc) is 2.23. The first kappa shape index (κ1) is 13.2. The van der Waals surface area contributed by atoms with Gasteiger partial charge in [0, 0.05) is 6.04 Å². The molecule has 17 heavy (non-hydrogen) atoms. The van der Waals surface area contributed by atoms with Crippen molar-refractivity contribution in [3.8, 4) is 0 Å². The molecule has 0 unspecified atom stereocenters. The predicted octanol–water partition coefficient (Wildman–Crippen LogP) is 1.48. The summed E-state index contributed by atoms with van der Waals surface area (Å²) in [6.45, 7) is 3.44. The molecule has 0 aliphatic carbocycles. The van der Waals surface area contributed by atoms with Crippen molar-refractivity contribution in [1.29, 1.82) is 0 Å². The summed E-state index contributed by atoms with van der Waals surface area (Å²) in [6.07, 6.45) is 0. The van der Waals surface area contributed by atoms with Crippen LogP contribution in [0.3, 0.4) is 0 Å². The van der Waals surface area contributed by atoms with E-state index in [9.17, 15) is 13.6 Å². The molecule has 0 radical (unpaired) electrons. The predicted molar refractivity (Wildman–Crippen MR) is 62.5 cm³/mol. The van der Waals surface area contributed by atoms with E-state index >= 15 is 0 Å². The van der Waals surface area contributed by atoms with Crippen molar-refractivity contribution in [1.82, 2.24) is 5.32 Å². The first-order valence-electron chi connectivity index (χ1n) is 5.18. The molecule has 0 fully saturated rings. The fraction of sp³-hybridized carbons (Fsp3) is 0.364. The summed E-state index contributed by atoms with van der Waals surface area (Å²) in [5.74, 6) is -2.41. The van der Waals surface area contributed by atoms with Crippen LogP contribution in [0.2, 0.25) is 0 Å². The molecule has 0 aliphatic heterocycles. The molecule has 6 heteroatoms. The number of anilines is 2. The van der Waals surface area contributed by atoms with E-state index in [1.165, 1.54) is 6.07 Å². The zero-order valence-electron chi connectivity index (χ0n) is 9.68. The number of carbonyl (C=O) groups excluding carboxylic acids is 1. The lowest BCUT2D eigenvalue weighted by atomic mass is 10.2. The maximum Gasteiger partial charge on any atom is 0.239 e. The minimum absolute atomic E-state index is 0.0148. The van der Waals surface area contributed by atoms with Gasteiger partial charge in [0.1, 0.15) is 0 Å². The van der Waals surface area contributed by atoms with Crippen molar-refractivity contribution in [2.75, 3.05) is 17.6 Å². The molecule has 0 saturated carbocycles. The van der Waals surface area contributed by atoms with Gasteiger partial charge in [-0.2, -0.15) is 0 Å². The Morgan fingerprint density at radius 1 is 1.41 bits per heavy atom. The molecule has 1 aromatic rings. The van der Waals surface area contributed by atoms with Crippen LogP contribution in [-0.2, 0) is 4.79 Å². The molecule has 0 aromatic heterocycles. The number of carbonyl (C=O) groups is 1. The number of nitrogens with one attached hydrogen (secondary N) is 2. The number of nitrogen functional groups attached to an aromatic ring is 1. The molecule has 1 rings (SSSR count). The Morgan fingerprint density at radius 2 is 2.06 bits per heavy atom. The van der Waals surface area contributed by atoms with E-state index in [1.54, 1.807) is 13.8 Å². The van der Waals surface area contributed by atoms with E-state index in [0.717, 1.165) is 6.07 Å². The van der Waals surface area contributed by atoms with Crippen LogP contribution in [0, 0.1) is 11.6 Å². The molecular weight excluding hydrogens is 228 g/mol. The van der Waals surface area contributed by atoms with Gasteiger partial charge >= 0.3 is 0 Å². The third kappa shape index (κ3) is 3.58. The Hall–Kier alpha value is -1.85. The van der Waals surface area contributed by atoms with Gasteiger partial charge in [-0.15, -0.1) is 0 Å². The van der Waals surface area contributed by atoms with Gasteiger partial charge in [0.15, 0.2) is 11.6 Å². The van der Waals surface area contributed by atoms with Crippen molar-refractivity contribution in [2.24, 2.45) is 0 Å². The third-order valence-corrected chi connectivity index (χ3v) is 2.00. The minimum Gasteiger partial charge on any atom is -0.397 e. The number of amides is 1. The zero-order chi connectivity index (χ0) is 13.0. The molecule has 0 aliphatic rings. The normalized spacial score (nSPS) is 10.4. The van der Waals surface area contributed by atoms with Crippen molar-refractivity contribution in [3.63, 3.8) is 0 Å². The Labute approximate surface area is 98.2 Å². The van der Waals surface area contributed by atoms with Gasteiger partial charge in [0.25, 0.3) is 0 Å². The SMILES string of the molecule is CC(C)NC(=O)CNc1c(N)ccc(F)c1F. The quantitative estimate of drug-likeness (QED) is 0.702. The summed E-state index contributed by atoms with van der Waals surface area (Å²) in [5, 5.41) is 5.08. The first-order chi connectivity index (χ1) is 7.91. The Morgan fingerprint density at radius 3 is 2.65 bits per heavy atom. The molecule has 1 aromatic carbocycles. The van der Waals surface area contributed by atoms with Crippen LogP contribution < -0.4 is 16.4 Å². The van der Waals surface area contributed by atoms with Gasteiger partial charge in [0.05, 0.1) is 17.9 Å². The van der Waals surface area contributed by atoms with E-state index in [0.29, 0.717) is 0 Å². The summed E-state index contributed by atoms with van der Waals surface area (Å²) in [7, 11) is 0. The van der Waals surface area contributed by atoms with Gasteiger partial charge in [-0.05, 0) is 26.0 Å². The standard InChI is InChI=1S/C11H15F2N3O/c1-6(2)16-9(17)5-15-11-8(14)4-3-7(12)10(11)13/h3-4,6,15H,5,14H2,1-2H3,(H,16,17). The lowest BCUT2D eigenvalue weighted by molar-refractivity contribution is -0.119. The second kappa shape index (κ2) is 5.47. The number of halogens is 2. The van der Waals surface area contributed by atoms with Gasteiger partial charge in [-0.1, -0.05) is 0 Å². The number of hydrogen-bond acceptors (Lipinski definition) is 3. The number of hydrogen-bond donors (Lipinski definition) is 3. The summed E-state index contributed by atoms with van der Waals surface area (Å²) in [4.78, 5) is 11.3. The van der Waals surface area contributed by atoms with Gasteiger partial charge in [-0.3, -0.25) is 4.79 Å². The summed E-state index contributed by atoms with van der Waals surface area (Å²) in [6, 6.07) is 2.16.